The van der Waals surface area contributed by atoms with E-state index in [-0.39, 0.29) is 17.1 Å². The van der Waals surface area contributed by atoms with Crippen molar-refractivity contribution in [1.82, 2.24) is 10.6 Å². The zero-order valence-corrected chi connectivity index (χ0v) is 15.1. The zero-order valence-electron chi connectivity index (χ0n) is 15.1. The smallest absolute Gasteiger partial charge is 0.0902 e. The Labute approximate surface area is 133 Å². The minimum atomic E-state index is -0.289. The molecule has 5 heteroatoms. The van der Waals surface area contributed by atoms with Crippen molar-refractivity contribution in [2.45, 2.75) is 78.1 Å². The average Bonchev–Trinajstić information content (AvgIpc) is 2.32. The normalized spacial score (nSPS) is 14.7. The fourth-order valence-electron chi connectivity index (χ4n) is 1.76. The Morgan fingerprint density at radius 3 is 2.05 bits per heavy atom. The van der Waals surface area contributed by atoms with E-state index in [0.29, 0.717) is 19.3 Å². The SMILES string of the molecule is [B]C(C)NCCOC(C)(C)COC(C)(C)CCNC(C)C. The molecule has 0 aliphatic heterocycles. The van der Waals surface area contributed by atoms with Crippen molar-refractivity contribution in [3.05, 3.63) is 0 Å². The zero-order chi connectivity index (χ0) is 16.5. The highest BCUT2D eigenvalue weighted by atomic mass is 16.6. The van der Waals surface area contributed by atoms with Crippen LogP contribution in [0.3, 0.4) is 0 Å². The van der Waals surface area contributed by atoms with Crippen LogP contribution in [0.25, 0.3) is 0 Å². The minimum absolute atomic E-state index is 0.000327. The molecule has 1 unspecified atom stereocenters. The van der Waals surface area contributed by atoms with Gasteiger partial charge in [0, 0.05) is 12.6 Å². The van der Waals surface area contributed by atoms with Gasteiger partial charge in [0.05, 0.1) is 32.3 Å². The molecule has 21 heavy (non-hydrogen) atoms. The monoisotopic (exact) mass is 298 g/mol. The standard InChI is InChI=1S/C16H35BN2O2/c1-13(2)18-9-8-15(4,5)21-12-16(6,7)20-11-10-19-14(3)17/h13-14,18-19H,8-12H2,1-7H3. The molecule has 1 atom stereocenters. The minimum Gasteiger partial charge on any atom is -0.373 e. The summed E-state index contributed by atoms with van der Waals surface area (Å²) in [7, 11) is 5.63. The van der Waals surface area contributed by atoms with Crippen LogP contribution >= 0.6 is 0 Å². The third kappa shape index (κ3) is 13.3. The maximum atomic E-state index is 6.04. The molecule has 0 aliphatic rings. The largest absolute Gasteiger partial charge is 0.373 e. The lowest BCUT2D eigenvalue weighted by molar-refractivity contribution is -0.121. The molecule has 0 saturated heterocycles. The summed E-state index contributed by atoms with van der Waals surface area (Å²) < 4.78 is 11.9. The molecule has 0 spiro atoms. The van der Waals surface area contributed by atoms with Gasteiger partial charge in [0.2, 0.25) is 0 Å². The molecule has 0 saturated carbocycles. The fourth-order valence-corrected chi connectivity index (χ4v) is 1.76. The molecule has 0 heterocycles. The van der Waals surface area contributed by atoms with Gasteiger partial charge in [-0.1, -0.05) is 20.8 Å². The molecule has 0 amide bonds. The van der Waals surface area contributed by atoms with Gasteiger partial charge in [-0.2, -0.15) is 0 Å². The highest BCUT2D eigenvalue weighted by Crippen LogP contribution is 2.18. The lowest BCUT2D eigenvalue weighted by Crippen LogP contribution is -2.40. The van der Waals surface area contributed by atoms with Crippen LogP contribution in [0.2, 0.25) is 0 Å². The highest BCUT2D eigenvalue weighted by molar-refractivity contribution is 6.11. The summed E-state index contributed by atoms with van der Waals surface area (Å²) in [6.45, 7) is 17.5. The van der Waals surface area contributed by atoms with Crippen molar-refractivity contribution in [1.29, 1.82) is 0 Å². The molecule has 0 bridgehead atoms. The predicted octanol–water partition coefficient (Wildman–Crippen LogP) is 2.07. The Morgan fingerprint density at radius 2 is 1.52 bits per heavy atom. The van der Waals surface area contributed by atoms with Gasteiger partial charge in [0.25, 0.3) is 0 Å². The van der Waals surface area contributed by atoms with Crippen LogP contribution in [0, 0.1) is 0 Å². The van der Waals surface area contributed by atoms with E-state index < -0.39 is 0 Å². The number of nitrogens with one attached hydrogen (secondary N) is 2. The summed E-state index contributed by atoms with van der Waals surface area (Å²) in [5, 5.41) is 6.55. The molecule has 4 nitrogen and oxygen atoms in total. The van der Waals surface area contributed by atoms with Crippen LogP contribution in [-0.4, -0.2) is 57.3 Å². The number of rotatable bonds is 12. The molecular weight excluding hydrogens is 263 g/mol. The molecule has 0 fully saturated rings. The highest BCUT2D eigenvalue weighted by Gasteiger charge is 2.25. The van der Waals surface area contributed by atoms with Crippen LogP contribution in [-0.2, 0) is 9.47 Å². The van der Waals surface area contributed by atoms with Gasteiger partial charge in [-0.3, -0.25) is 0 Å². The molecule has 2 N–H and O–H groups in total. The summed E-state index contributed by atoms with van der Waals surface area (Å²) in [6.07, 6.45) is 0.980. The Bertz CT molecular complexity index is 269. The number of hydrogen-bond acceptors (Lipinski definition) is 4. The Morgan fingerprint density at radius 1 is 0.905 bits per heavy atom. The molecule has 124 valence electrons. The van der Waals surface area contributed by atoms with E-state index >= 15 is 0 Å². The number of hydrogen-bond donors (Lipinski definition) is 2. The van der Waals surface area contributed by atoms with E-state index in [1.165, 1.54) is 0 Å². The van der Waals surface area contributed by atoms with Crippen LogP contribution in [0.4, 0.5) is 0 Å². The summed E-state index contributed by atoms with van der Waals surface area (Å²) in [5.41, 5.74) is -0.436. The third-order valence-corrected chi connectivity index (χ3v) is 3.15. The Balaban J connectivity index is 3.92. The summed E-state index contributed by atoms with van der Waals surface area (Å²) >= 11 is 0. The van der Waals surface area contributed by atoms with E-state index in [9.17, 15) is 0 Å². The lowest BCUT2D eigenvalue weighted by Gasteiger charge is -2.32. The van der Waals surface area contributed by atoms with Gasteiger partial charge in [-0.15, -0.1) is 0 Å². The first-order valence-electron chi connectivity index (χ1n) is 8.04. The molecule has 2 radical (unpaired) electrons. The Hall–Kier alpha value is -0.0951. The molecule has 0 aromatic rings. The van der Waals surface area contributed by atoms with Crippen molar-refractivity contribution in [3.63, 3.8) is 0 Å². The van der Waals surface area contributed by atoms with E-state index in [0.717, 1.165) is 19.5 Å². The molecule has 0 aromatic carbocycles. The van der Waals surface area contributed by atoms with Crippen molar-refractivity contribution < 1.29 is 9.47 Å². The number of ether oxygens (including phenoxy) is 2. The summed E-state index contributed by atoms with van der Waals surface area (Å²) in [4.78, 5) is 0. The second kappa shape index (κ2) is 9.83. The molecular formula is C16H35BN2O2. The molecule has 0 aromatic heterocycles. The van der Waals surface area contributed by atoms with E-state index in [2.05, 4.69) is 52.2 Å². The first kappa shape index (κ1) is 20.9. The van der Waals surface area contributed by atoms with Gasteiger partial charge in [0.15, 0.2) is 0 Å². The first-order valence-corrected chi connectivity index (χ1v) is 8.04. The van der Waals surface area contributed by atoms with Gasteiger partial charge in [-0.05, 0) is 46.6 Å². The van der Waals surface area contributed by atoms with Crippen molar-refractivity contribution in [3.8, 4) is 0 Å². The topological polar surface area (TPSA) is 42.5 Å². The van der Waals surface area contributed by atoms with Crippen molar-refractivity contribution in [2.24, 2.45) is 0 Å². The van der Waals surface area contributed by atoms with Gasteiger partial charge >= 0.3 is 0 Å². The van der Waals surface area contributed by atoms with Gasteiger partial charge < -0.3 is 20.1 Å². The van der Waals surface area contributed by atoms with Crippen LogP contribution in [0.5, 0.6) is 0 Å². The van der Waals surface area contributed by atoms with Crippen LogP contribution in [0.15, 0.2) is 0 Å². The van der Waals surface area contributed by atoms with E-state index in [1.807, 2.05) is 6.92 Å². The predicted molar refractivity (Wildman–Crippen MR) is 91.0 cm³/mol. The maximum Gasteiger partial charge on any atom is 0.0902 e. The fraction of sp³-hybridized carbons (Fsp3) is 1.00. The Kier molecular flexibility index (Phi) is 9.78. The van der Waals surface area contributed by atoms with Crippen molar-refractivity contribution >= 4 is 7.85 Å². The first-order chi connectivity index (χ1) is 9.54. The lowest BCUT2D eigenvalue weighted by atomic mass is 9.99. The van der Waals surface area contributed by atoms with E-state index in [4.69, 9.17) is 17.3 Å². The van der Waals surface area contributed by atoms with Gasteiger partial charge in [-0.25, -0.2) is 0 Å². The third-order valence-electron chi connectivity index (χ3n) is 3.15. The van der Waals surface area contributed by atoms with Crippen LogP contribution in [0.1, 0.15) is 54.9 Å². The second-order valence-corrected chi connectivity index (χ2v) is 7.26. The van der Waals surface area contributed by atoms with Crippen LogP contribution < -0.4 is 10.6 Å². The second-order valence-electron chi connectivity index (χ2n) is 7.26. The maximum absolute atomic E-state index is 6.04. The van der Waals surface area contributed by atoms with E-state index in [1.54, 1.807) is 0 Å². The summed E-state index contributed by atoms with van der Waals surface area (Å²) in [5.74, 6) is 0.000327. The van der Waals surface area contributed by atoms with Crippen molar-refractivity contribution in [2.75, 3.05) is 26.3 Å². The van der Waals surface area contributed by atoms with Gasteiger partial charge in [0.1, 0.15) is 0 Å². The quantitative estimate of drug-likeness (QED) is 0.427. The molecule has 0 aliphatic carbocycles. The average molecular weight is 298 g/mol. The summed E-state index contributed by atoms with van der Waals surface area (Å²) in [6, 6.07) is 0.512. The molecule has 0 rings (SSSR count).